The van der Waals surface area contributed by atoms with Crippen molar-refractivity contribution in [3.63, 3.8) is 0 Å². The molecule has 133 valence electrons. The standard InChI is InChI=1S/C22H29BrO.Ac/c1-13-11-18-15(12-20(13)24)10-14(2)21-17(18)6-8-22(3)16(7-9-23)4-5-19(21)22;/h7,11-12,14,17,19,21,24H,4-6,8-10H2,1-3H3;/b16-7+;/t14-,17?,19?,21?,22?;/m1./s1. The summed E-state index contributed by atoms with van der Waals surface area (Å²) in [6.45, 7) is 7.04. The summed E-state index contributed by atoms with van der Waals surface area (Å²) in [5.74, 6) is 3.53. The fraction of sp³-hybridized carbons (Fsp3) is 0.636. The monoisotopic (exact) mass is 615 g/mol. The van der Waals surface area contributed by atoms with Crippen molar-refractivity contribution < 1.29 is 49.2 Å². The molecule has 1 aromatic carbocycles. The van der Waals surface area contributed by atoms with E-state index in [4.69, 9.17) is 0 Å². The average molecular weight is 616 g/mol. The van der Waals surface area contributed by atoms with Gasteiger partial charge in [-0.2, -0.15) is 0 Å². The molecule has 25 heavy (non-hydrogen) atoms. The predicted octanol–water partition coefficient (Wildman–Crippen LogP) is 6.12. The summed E-state index contributed by atoms with van der Waals surface area (Å²) in [4.78, 5) is 0. The Bertz CT molecular complexity index is 698. The molecule has 0 aliphatic heterocycles. The van der Waals surface area contributed by atoms with Crippen LogP contribution in [0.3, 0.4) is 0 Å². The van der Waals surface area contributed by atoms with Gasteiger partial charge in [-0.3, -0.25) is 0 Å². The van der Waals surface area contributed by atoms with Crippen LogP contribution in [-0.4, -0.2) is 10.4 Å². The van der Waals surface area contributed by atoms with Gasteiger partial charge in [0.2, 0.25) is 0 Å². The molecule has 5 atom stereocenters. The van der Waals surface area contributed by atoms with Crippen LogP contribution in [0.5, 0.6) is 5.75 Å². The molecule has 0 heterocycles. The first-order valence-electron chi connectivity index (χ1n) is 9.53. The predicted molar refractivity (Wildman–Crippen MR) is 104 cm³/mol. The fourth-order valence-electron chi connectivity index (χ4n) is 6.40. The van der Waals surface area contributed by atoms with Gasteiger partial charge in [0.25, 0.3) is 0 Å². The van der Waals surface area contributed by atoms with E-state index in [2.05, 4.69) is 48.0 Å². The van der Waals surface area contributed by atoms with Crippen LogP contribution < -0.4 is 0 Å². The van der Waals surface area contributed by atoms with E-state index in [9.17, 15) is 5.11 Å². The topological polar surface area (TPSA) is 20.2 Å². The van der Waals surface area contributed by atoms with E-state index in [1.54, 1.807) is 11.1 Å². The minimum Gasteiger partial charge on any atom is -0.508 e. The molecule has 4 rings (SSSR count). The third kappa shape index (κ3) is 3.23. The minimum absolute atomic E-state index is 0. The van der Waals surface area contributed by atoms with Gasteiger partial charge in [0.1, 0.15) is 5.75 Å². The molecule has 2 fully saturated rings. The molecule has 0 bridgehead atoms. The Morgan fingerprint density at radius 1 is 1.32 bits per heavy atom. The van der Waals surface area contributed by atoms with E-state index in [1.807, 2.05) is 6.92 Å². The van der Waals surface area contributed by atoms with Crippen molar-refractivity contribution in [1.82, 2.24) is 0 Å². The van der Waals surface area contributed by atoms with Crippen LogP contribution in [0.4, 0.5) is 0 Å². The molecular formula is C22H29AcBrO. The van der Waals surface area contributed by atoms with Gasteiger partial charge in [0, 0.05) is 49.4 Å². The van der Waals surface area contributed by atoms with Gasteiger partial charge in [-0.25, -0.2) is 0 Å². The number of phenols is 1. The second-order valence-electron chi connectivity index (χ2n) is 8.69. The molecule has 3 heteroatoms. The molecule has 0 saturated heterocycles. The number of benzene rings is 1. The molecule has 1 aromatic rings. The fourth-order valence-corrected chi connectivity index (χ4v) is 6.79. The summed E-state index contributed by atoms with van der Waals surface area (Å²) in [7, 11) is 0. The molecule has 1 N–H and O–H groups in total. The van der Waals surface area contributed by atoms with E-state index in [-0.39, 0.29) is 44.1 Å². The van der Waals surface area contributed by atoms with Gasteiger partial charge in [-0.15, -0.1) is 0 Å². The van der Waals surface area contributed by atoms with Crippen LogP contribution in [0.1, 0.15) is 62.1 Å². The van der Waals surface area contributed by atoms with Gasteiger partial charge in [-0.1, -0.05) is 47.5 Å². The number of allylic oxidation sites excluding steroid dienone is 2. The second-order valence-corrected chi connectivity index (χ2v) is 9.34. The molecule has 3 aliphatic rings. The van der Waals surface area contributed by atoms with Crippen molar-refractivity contribution in [3.05, 3.63) is 40.5 Å². The summed E-state index contributed by atoms with van der Waals surface area (Å²) >= 11 is 3.62. The Hall–Kier alpha value is 0.682. The van der Waals surface area contributed by atoms with Crippen molar-refractivity contribution in [1.29, 1.82) is 0 Å². The Morgan fingerprint density at radius 3 is 2.80 bits per heavy atom. The zero-order chi connectivity index (χ0) is 17.1. The molecule has 4 unspecified atom stereocenters. The number of hydrogen-bond acceptors (Lipinski definition) is 1. The Labute approximate surface area is 196 Å². The zero-order valence-electron chi connectivity index (χ0n) is 15.7. The van der Waals surface area contributed by atoms with Gasteiger partial charge in [0.15, 0.2) is 0 Å². The number of aryl methyl sites for hydroxylation is 1. The number of rotatable bonds is 1. The third-order valence-electron chi connectivity index (χ3n) is 7.56. The van der Waals surface area contributed by atoms with E-state index in [0.717, 1.165) is 35.1 Å². The van der Waals surface area contributed by atoms with E-state index in [1.165, 1.54) is 31.2 Å². The Kier molecular flexibility index (Phi) is 6.21. The summed E-state index contributed by atoms with van der Waals surface area (Å²) < 4.78 is 0. The van der Waals surface area contributed by atoms with Crippen LogP contribution >= 0.6 is 15.9 Å². The SMILES string of the molecule is Cc1cc2c(cc1O)C[C@@H](C)C1C2CCC2(C)/C(=C/CBr)CCC12.[Ac]. The maximum Gasteiger partial charge on any atom is 0.118 e. The summed E-state index contributed by atoms with van der Waals surface area (Å²) in [5, 5.41) is 11.1. The molecule has 2 saturated carbocycles. The molecule has 1 radical (unpaired) electrons. The summed E-state index contributed by atoms with van der Waals surface area (Å²) in [6, 6.07) is 4.34. The first-order valence-corrected chi connectivity index (χ1v) is 10.7. The largest absolute Gasteiger partial charge is 0.508 e. The van der Waals surface area contributed by atoms with Gasteiger partial charge in [-0.05, 0) is 90.9 Å². The molecular weight excluding hydrogens is 587 g/mol. The first kappa shape index (κ1) is 20.4. The second kappa shape index (κ2) is 7.60. The summed E-state index contributed by atoms with van der Waals surface area (Å²) in [6.07, 6.45) is 8.87. The normalized spacial score (nSPS) is 37.8. The quantitative estimate of drug-likeness (QED) is 0.298. The van der Waals surface area contributed by atoms with Gasteiger partial charge in [0.05, 0.1) is 0 Å². The van der Waals surface area contributed by atoms with Crippen molar-refractivity contribution in [2.24, 2.45) is 23.2 Å². The third-order valence-corrected chi connectivity index (χ3v) is 7.88. The molecule has 0 aromatic heterocycles. The zero-order valence-corrected chi connectivity index (χ0v) is 22.0. The van der Waals surface area contributed by atoms with Crippen molar-refractivity contribution in [3.8, 4) is 5.75 Å². The maximum absolute atomic E-state index is 10.1. The van der Waals surface area contributed by atoms with E-state index < -0.39 is 0 Å². The first-order chi connectivity index (χ1) is 11.5. The number of hydrogen-bond donors (Lipinski definition) is 1. The minimum atomic E-state index is 0. The van der Waals surface area contributed by atoms with E-state index in [0.29, 0.717) is 17.1 Å². The van der Waals surface area contributed by atoms with Crippen molar-refractivity contribution in [2.45, 2.75) is 58.8 Å². The van der Waals surface area contributed by atoms with Crippen molar-refractivity contribution in [2.75, 3.05) is 5.33 Å². The Balaban J connectivity index is 0.00000182. The number of alkyl halides is 1. The molecule has 0 amide bonds. The maximum atomic E-state index is 10.1. The number of fused-ring (bicyclic) bond motifs is 5. The molecule has 3 aliphatic carbocycles. The smallest absolute Gasteiger partial charge is 0.118 e. The van der Waals surface area contributed by atoms with Crippen LogP contribution in [0.25, 0.3) is 0 Å². The van der Waals surface area contributed by atoms with Crippen LogP contribution in [0, 0.1) is 74.2 Å². The number of aromatic hydroxyl groups is 1. The number of halogens is 1. The summed E-state index contributed by atoms with van der Waals surface area (Å²) in [5.41, 5.74) is 6.13. The van der Waals surface area contributed by atoms with Gasteiger partial charge < -0.3 is 5.11 Å². The van der Waals surface area contributed by atoms with Crippen LogP contribution in [-0.2, 0) is 6.42 Å². The molecule has 0 spiro atoms. The number of phenolic OH excluding ortho intramolecular Hbond substituents is 1. The van der Waals surface area contributed by atoms with Crippen molar-refractivity contribution >= 4 is 15.9 Å². The molecule has 1 nitrogen and oxygen atoms in total. The van der Waals surface area contributed by atoms with Crippen LogP contribution in [0.2, 0.25) is 0 Å². The van der Waals surface area contributed by atoms with Crippen LogP contribution in [0.15, 0.2) is 23.8 Å². The van der Waals surface area contributed by atoms with E-state index >= 15 is 0 Å². The average Bonchev–Trinajstić information content (AvgIpc) is 2.86. The Morgan fingerprint density at radius 2 is 2.08 bits per heavy atom. The van der Waals surface area contributed by atoms with Gasteiger partial charge >= 0.3 is 0 Å².